The van der Waals surface area contributed by atoms with Gasteiger partial charge >= 0.3 is 0 Å². The molecule has 0 aliphatic heterocycles. The Kier molecular flexibility index (Phi) is 3.06. The molecule has 1 rings (SSSR count). The summed E-state index contributed by atoms with van der Waals surface area (Å²) in [6, 6.07) is 4.25. The molecule has 0 fully saturated rings. The van der Waals surface area contributed by atoms with Crippen LogP contribution >= 0.6 is 11.6 Å². The Bertz CT molecular complexity index is 275. The van der Waals surface area contributed by atoms with Crippen molar-refractivity contribution < 1.29 is 9.50 Å². The molecule has 0 bridgehead atoms. The molecule has 66 valence electrons. The van der Waals surface area contributed by atoms with E-state index in [4.69, 9.17) is 11.6 Å². The maximum absolute atomic E-state index is 12.6. The molecule has 0 heterocycles. The molecule has 0 spiro atoms. The zero-order valence-corrected chi connectivity index (χ0v) is 7.48. The first kappa shape index (κ1) is 9.49. The van der Waals surface area contributed by atoms with Gasteiger partial charge < -0.3 is 5.11 Å². The van der Waals surface area contributed by atoms with E-state index in [1.807, 2.05) is 0 Å². The van der Waals surface area contributed by atoms with Gasteiger partial charge in [0.25, 0.3) is 0 Å². The van der Waals surface area contributed by atoms with Gasteiger partial charge in [-0.2, -0.15) is 0 Å². The maximum Gasteiger partial charge on any atom is 0.123 e. The summed E-state index contributed by atoms with van der Waals surface area (Å²) in [5, 5.41) is 9.35. The summed E-state index contributed by atoms with van der Waals surface area (Å²) in [6.45, 7) is 1.74. The van der Waals surface area contributed by atoms with Crippen LogP contribution in [0.5, 0.6) is 0 Å². The van der Waals surface area contributed by atoms with Crippen molar-refractivity contribution in [3.05, 3.63) is 35.1 Å². The Morgan fingerprint density at radius 2 is 2.25 bits per heavy atom. The molecule has 0 radical (unpaired) electrons. The van der Waals surface area contributed by atoms with Crippen LogP contribution in [0.4, 0.5) is 4.39 Å². The Labute approximate surface area is 75.8 Å². The lowest BCUT2D eigenvalue weighted by Crippen LogP contribution is -2.01. The van der Waals surface area contributed by atoms with E-state index >= 15 is 0 Å². The van der Waals surface area contributed by atoms with Gasteiger partial charge in [-0.1, -0.05) is 6.07 Å². The van der Waals surface area contributed by atoms with Crippen molar-refractivity contribution in [3.63, 3.8) is 0 Å². The lowest BCUT2D eigenvalue weighted by atomic mass is 10.0. The zero-order chi connectivity index (χ0) is 9.14. The van der Waals surface area contributed by atoms with Crippen molar-refractivity contribution in [2.45, 2.75) is 13.0 Å². The molecule has 1 nitrogen and oxygen atoms in total. The van der Waals surface area contributed by atoms with Gasteiger partial charge in [-0.15, -0.1) is 11.6 Å². The monoisotopic (exact) mass is 188 g/mol. The smallest absolute Gasteiger partial charge is 0.123 e. The number of aliphatic hydroxyl groups is 1. The van der Waals surface area contributed by atoms with Crippen LogP contribution in [0.15, 0.2) is 18.2 Å². The fourth-order valence-electron chi connectivity index (χ4n) is 1.10. The molecule has 3 heteroatoms. The Morgan fingerprint density at radius 1 is 1.58 bits per heavy atom. The lowest BCUT2D eigenvalue weighted by Gasteiger charge is -2.09. The first-order valence-corrected chi connectivity index (χ1v) is 4.18. The number of aryl methyl sites for hydroxylation is 1. The van der Waals surface area contributed by atoms with Crippen LogP contribution < -0.4 is 0 Å². The second-order valence-corrected chi connectivity index (χ2v) is 2.98. The van der Waals surface area contributed by atoms with Gasteiger partial charge in [0.2, 0.25) is 0 Å². The molecule has 1 N–H and O–H groups in total. The van der Waals surface area contributed by atoms with Crippen LogP contribution in [0.2, 0.25) is 0 Å². The molecule has 0 saturated carbocycles. The average Bonchev–Trinajstić information content (AvgIpc) is 2.03. The first-order valence-electron chi connectivity index (χ1n) is 3.65. The third-order valence-electron chi connectivity index (χ3n) is 1.74. The number of rotatable bonds is 2. The average molecular weight is 189 g/mol. The summed E-state index contributed by atoms with van der Waals surface area (Å²) in [7, 11) is 0. The molecule has 1 atom stereocenters. The van der Waals surface area contributed by atoms with Crippen molar-refractivity contribution in [2.24, 2.45) is 0 Å². The largest absolute Gasteiger partial charge is 0.387 e. The van der Waals surface area contributed by atoms with Crippen LogP contribution in [0.25, 0.3) is 0 Å². The van der Waals surface area contributed by atoms with Gasteiger partial charge in [0, 0.05) is 0 Å². The predicted molar refractivity (Wildman–Crippen MR) is 46.8 cm³/mol. The highest BCUT2D eigenvalue weighted by Gasteiger charge is 2.08. The van der Waals surface area contributed by atoms with Crippen molar-refractivity contribution in [1.82, 2.24) is 0 Å². The van der Waals surface area contributed by atoms with E-state index < -0.39 is 6.10 Å². The number of alkyl halides is 1. The number of halogens is 2. The van der Waals surface area contributed by atoms with Crippen LogP contribution in [0.3, 0.4) is 0 Å². The molecule has 12 heavy (non-hydrogen) atoms. The minimum absolute atomic E-state index is 0.131. The number of hydrogen-bond acceptors (Lipinski definition) is 1. The summed E-state index contributed by atoms with van der Waals surface area (Å²) < 4.78 is 12.6. The highest BCUT2D eigenvalue weighted by molar-refractivity contribution is 6.18. The van der Waals surface area contributed by atoms with Crippen LogP contribution in [0, 0.1) is 12.7 Å². The molecule has 0 amide bonds. The quantitative estimate of drug-likeness (QED) is 0.707. The van der Waals surface area contributed by atoms with Crippen molar-refractivity contribution in [3.8, 4) is 0 Å². The standard InChI is InChI=1S/C9H10ClFO/c1-6-4-7(11)2-3-8(6)9(12)5-10/h2-4,9,12H,5H2,1H3. The fraction of sp³-hybridized carbons (Fsp3) is 0.333. The molecule has 0 aromatic heterocycles. The van der Waals surface area contributed by atoms with Gasteiger partial charge in [0.1, 0.15) is 5.82 Å². The predicted octanol–water partition coefficient (Wildman–Crippen LogP) is 2.41. The first-order chi connectivity index (χ1) is 5.65. The summed E-state index contributed by atoms with van der Waals surface area (Å²) in [6.07, 6.45) is -0.702. The van der Waals surface area contributed by atoms with Gasteiger partial charge in [-0.25, -0.2) is 4.39 Å². The molecule has 1 aromatic rings. The second kappa shape index (κ2) is 3.87. The maximum atomic E-state index is 12.6. The van der Waals surface area contributed by atoms with Crippen LogP contribution in [0.1, 0.15) is 17.2 Å². The normalized spacial score (nSPS) is 13.0. The molecule has 0 aliphatic rings. The van der Waals surface area contributed by atoms with Crippen molar-refractivity contribution >= 4 is 11.6 Å². The molecule has 0 saturated heterocycles. The molecule has 1 unspecified atom stereocenters. The molecular weight excluding hydrogens is 179 g/mol. The van der Waals surface area contributed by atoms with Crippen LogP contribution in [-0.2, 0) is 0 Å². The number of hydrogen-bond donors (Lipinski definition) is 1. The second-order valence-electron chi connectivity index (χ2n) is 2.67. The minimum Gasteiger partial charge on any atom is -0.387 e. The van der Waals surface area contributed by atoms with E-state index in [0.29, 0.717) is 5.56 Å². The summed E-state index contributed by atoms with van der Waals surface area (Å²) in [5.41, 5.74) is 1.41. The van der Waals surface area contributed by atoms with Crippen molar-refractivity contribution in [2.75, 3.05) is 5.88 Å². The summed E-state index contributed by atoms with van der Waals surface area (Å²) in [4.78, 5) is 0. The third-order valence-corrected chi connectivity index (χ3v) is 2.03. The topological polar surface area (TPSA) is 20.2 Å². The Hall–Kier alpha value is -0.600. The molecule has 1 aromatic carbocycles. The van der Waals surface area contributed by atoms with E-state index in [9.17, 15) is 9.50 Å². The van der Waals surface area contributed by atoms with Crippen LogP contribution in [-0.4, -0.2) is 11.0 Å². The van der Waals surface area contributed by atoms with E-state index in [1.165, 1.54) is 12.1 Å². The van der Waals surface area contributed by atoms with Gasteiger partial charge in [0.05, 0.1) is 12.0 Å². The highest BCUT2D eigenvalue weighted by atomic mass is 35.5. The minimum atomic E-state index is -0.702. The Balaban J connectivity index is 3.01. The Morgan fingerprint density at radius 3 is 2.75 bits per heavy atom. The summed E-state index contributed by atoms with van der Waals surface area (Å²) in [5.74, 6) is -0.162. The fourth-order valence-corrected chi connectivity index (χ4v) is 1.26. The molecule has 0 aliphatic carbocycles. The SMILES string of the molecule is Cc1cc(F)ccc1C(O)CCl. The third kappa shape index (κ3) is 1.96. The molecular formula is C9H10ClFO. The highest BCUT2D eigenvalue weighted by Crippen LogP contribution is 2.19. The lowest BCUT2D eigenvalue weighted by molar-refractivity contribution is 0.202. The number of benzene rings is 1. The van der Waals surface area contributed by atoms with Crippen molar-refractivity contribution in [1.29, 1.82) is 0 Å². The zero-order valence-electron chi connectivity index (χ0n) is 6.72. The van der Waals surface area contributed by atoms with E-state index in [0.717, 1.165) is 5.56 Å². The van der Waals surface area contributed by atoms with Gasteiger partial charge in [-0.3, -0.25) is 0 Å². The summed E-state index contributed by atoms with van der Waals surface area (Å²) >= 11 is 5.45. The number of aliphatic hydroxyl groups excluding tert-OH is 1. The van der Waals surface area contributed by atoms with E-state index in [1.54, 1.807) is 13.0 Å². The van der Waals surface area contributed by atoms with Gasteiger partial charge in [0.15, 0.2) is 0 Å². The van der Waals surface area contributed by atoms with E-state index in [-0.39, 0.29) is 11.7 Å². The van der Waals surface area contributed by atoms with E-state index in [2.05, 4.69) is 0 Å². The van der Waals surface area contributed by atoms with Gasteiger partial charge in [-0.05, 0) is 30.2 Å².